The molecule has 1 aliphatic rings. The summed E-state index contributed by atoms with van der Waals surface area (Å²) in [5, 5.41) is 10.2. The van der Waals surface area contributed by atoms with Gasteiger partial charge < -0.3 is 14.7 Å². The molecule has 4 heteroatoms. The summed E-state index contributed by atoms with van der Waals surface area (Å²) in [6.45, 7) is 3.70. The van der Waals surface area contributed by atoms with E-state index in [4.69, 9.17) is 4.74 Å². The molecule has 1 aliphatic heterocycles. The van der Waals surface area contributed by atoms with Crippen LogP contribution in [0.15, 0.2) is 24.3 Å². The molecular formula is C15H21NO3. The summed E-state index contributed by atoms with van der Waals surface area (Å²) >= 11 is 0. The van der Waals surface area contributed by atoms with Gasteiger partial charge in [0.2, 0.25) is 5.91 Å². The number of benzene rings is 1. The third-order valence-electron chi connectivity index (χ3n) is 3.39. The van der Waals surface area contributed by atoms with Crippen LogP contribution >= 0.6 is 0 Å². The van der Waals surface area contributed by atoms with Gasteiger partial charge in [-0.15, -0.1) is 0 Å². The quantitative estimate of drug-likeness (QED) is 0.885. The number of ether oxygens (including phenoxy) is 1. The van der Waals surface area contributed by atoms with Gasteiger partial charge in [0.1, 0.15) is 5.75 Å². The number of rotatable bonds is 5. The summed E-state index contributed by atoms with van der Waals surface area (Å²) < 4.78 is 5.36. The Hall–Kier alpha value is -1.55. The molecule has 0 spiro atoms. The van der Waals surface area contributed by atoms with Crippen molar-refractivity contribution in [2.75, 3.05) is 19.7 Å². The van der Waals surface area contributed by atoms with Gasteiger partial charge in [0.05, 0.1) is 19.3 Å². The summed E-state index contributed by atoms with van der Waals surface area (Å²) in [6.07, 6.45) is 1.98. The highest BCUT2D eigenvalue weighted by Crippen LogP contribution is 2.20. The van der Waals surface area contributed by atoms with Crippen molar-refractivity contribution in [2.24, 2.45) is 0 Å². The summed E-state index contributed by atoms with van der Waals surface area (Å²) in [4.78, 5) is 13.4. The Kier molecular flexibility index (Phi) is 4.80. The first-order chi connectivity index (χ1) is 9.20. The van der Waals surface area contributed by atoms with Crippen molar-refractivity contribution in [1.29, 1.82) is 0 Å². The van der Waals surface area contributed by atoms with Gasteiger partial charge in [-0.1, -0.05) is 12.1 Å². The van der Waals surface area contributed by atoms with Gasteiger partial charge >= 0.3 is 0 Å². The predicted molar refractivity (Wildman–Crippen MR) is 73.0 cm³/mol. The van der Waals surface area contributed by atoms with Gasteiger partial charge in [0.15, 0.2) is 0 Å². The van der Waals surface area contributed by atoms with E-state index in [-0.39, 0.29) is 5.91 Å². The van der Waals surface area contributed by atoms with E-state index in [9.17, 15) is 9.90 Å². The predicted octanol–water partition coefficient (Wildman–Crippen LogP) is 2.13. The first kappa shape index (κ1) is 13.9. The molecule has 104 valence electrons. The molecule has 2 rings (SSSR count). The highest BCUT2D eigenvalue weighted by Gasteiger charge is 2.21. The minimum absolute atomic E-state index is 0.149. The van der Waals surface area contributed by atoms with Crippen molar-refractivity contribution in [3.8, 4) is 5.75 Å². The lowest BCUT2D eigenvalue weighted by molar-refractivity contribution is -0.134. The molecule has 1 aromatic carbocycles. The Morgan fingerprint density at radius 1 is 1.32 bits per heavy atom. The zero-order chi connectivity index (χ0) is 13.7. The molecule has 1 fully saturated rings. The molecule has 1 unspecified atom stereocenters. The Balaban J connectivity index is 1.94. The van der Waals surface area contributed by atoms with Crippen LogP contribution in [0.25, 0.3) is 0 Å². The second-order valence-corrected chi connectivity index (χ2v) is 4.81. The van der Waals surface area contributed by atoms with E-state index in [1.54, 1.807) is 4.90 Å². The average molecular weight is 263 g/mol. The SMILES string of the molecule is CCOc1ccc(C(O)CN2CCCCC2=O)cc1. The molecule has 1 N–H and O–H groups in total. The fraction of sp³-hybridized carbons (Fsp3) is 0.533. The van der Waals surface area contributed by atoms with Gasteiger partial charge in [-0.2, -0.15) is 0 Å². The fourth-order valence-corrected chi connectivity index (χ4v) is 2.32. The zero-order valence-electron chi connectivity index (χ0n) is 11.3. The van der Waals surface area contributed by atoms with Crippen LogP contribution in [0.5, 0.6) is 5.75 Å². The Labute approximate surface area is 114 Å². The Morgan fingerprint density at radius 3 is 2.68 bits per heavy atom. The minimum Gasteiger partial charge on any atom is -0.494 e. The summed E-state index contributed by atoms with van der Waals surface area (Å²) in [5.41, 5.74) is 0.821. The van der Waals surface area contributed by atoms with Crippen LogP contribution in [0.1, 0.15) is 37.9 Å². The molecule has 0 bridgehead atoms. The summed E-state index contributed by atoms with van der Waals surface area (Å²) in [5.74, 6) is 0.948. The number of amides is 1. The van der Waals surface area contributed by atoms with Crippen LogP contribution in [-0.2, 0) is 4.79 Å². The molecule has 1 saturated heterocycles. The van der Waals surface area contributed by atoms with E-state index >= 15 is 0 Å². The van der Waals surface area contributed by atoms with Crippen molar-refractivity contribution >= 4 is 5.91 Å². The van der Waals surface area contributed by atoms with Crippen molar-refractivity contribution in [1.82, 2.24) is 4.90 Å². The number of nitrogens with zero attached hydrogens (tertiary/aromatic N) is 1. The van der Waals surface area contributed by atoms with Crippen LogP contribution in [0.3, 0.4) is 0 Å². The van der Waals surface area contributed by atoms with Crippen LogP contribution in [0.2, 0.25) is 0 Å². The monoisotopic (exact) mass is 263 g/mol. The molecular weight excluding hydrogens is 242 g/mol. The van der Waals surface area contributed by atoms with E-state index in [0.29, 0.717) is 19.6 Å². The van der Waals surface area contributed by atoms with E-state index in [0.717, 1.165) is 30.7 Å². The largest absolute Gasteiger partial charge is 0.494 e. The van der Waals surface area contributed by atoms with Crippen molar-refractivity contribution < 1.29 is 14.6 Å². The maximum atomic E-state index is 11.7. The number of hydrogen-bond acceptors (Lipinski definition) is 3. The van der Waals surface area contributed by atoms with E-state index < -0.39 is 6.10 Å². The standard InChI is InChI=1S/C15H21NO3/c1-2-19-13-8-6-12(7-9-13)14(17)11-16-10-4-3-5-15(16)18/h6-9,14,17H,2-5,10-11H2,1H3. The molecule has 19 heavy (non-hydrogen) atoms. The van der Waals surface area contributed by atoms with Crippen molar-refractivity contribution in [2.45, 2.75) is 32.3 Å². The van der Waals surface area contributed by atoms with E-state index in [1.165, 1.54) is 0 Å². The normalized spacial score (nSPS) is 17.4. The van der Waals surface area contributed by atoms with Crippen LogP contribution in [0, 0.1) is 0 Å². The summed E-state index contributed by atoms with van der Waals surface area (Å²) in [7, 11) is 0. The maximum absolute atomic E-state index is 11.7. The molecule has 1 heterocycles. The second-order valence-electron chi connectivity index (χ2n) is 4.81. The molecule has 0 aliphatic carbocycles. The third-order valence-corrected chi connectivity index (χ3v) is 3.39. The lowest BCUT2D eigenvalue weighted by Gasteiger charge is -2.28. The number of carbonyl (C=O) groups is 1. The van der Waals surface area contributed by atoms with Crippen LogP contribution in [0.4, 0.5) is 0 Å². The minimum atomic E-state index is -0.627. The molecule has 0 saturated carbocycles. The smallest absolute Gasteiger partial charge is 0.222 e. The number of piperidine rings is 1. The number of hydrogen-bond donors (Lipinski definition) is 1. The molecule has 1 amide bonds. The average Bonchev–Trinajstić information content (AvgIpc) is 2.42. The first-order valence-electron chi connectivity index (χ1n) is 6.89. The lowest BCUT2D eigenvalue weighted by Crippen LogP contribution is -2.38. The maximum Gasteiger partial charge on any atom is 0.222 e. The number of likely N-dealkylation sites (tertiary alicyclic amines) is 1. The fourth-order valence-electron chi connectivity index (χ4n) is 2.32. The molecule has 4 nitrogen and oxygen atoms in total. The number of aliphatic hydroxyl groups is 1. The van der Waals surface area contributed by atoms with E-state index in [1.807, 2.05) is 31.2 Å². The van der Waals surface area contributed by atoms with Gasteiger partial charge in [-0.25, -0.2) is 0 Å². The van der Waals surface area contributed by atoms with Crippen molar-refractivity contribution in [3.05, 3.63) is 29.8 Å². The first-order valence-corrected chi connectivity index (χ1v) is 6.89. The molecule has 1 aromatic rings. The van der Waals surface area contributed by atoms with Gasteiger partial charge in [0.25, 0.3) is 0 Å². The summed E-state index contributed by atoms with van der Waals surface area (Å²) in [6, 6.07) is 7.40. The second kappa shape index (κ2) is 6.57. The highest BCUT2D eigenvalue weighted by atomic mass is 16.5. The lowest BCUT2D eigenvalue weighted by atomic mass is 10.1. The topological polar surface area (TPSA) is 49.8 Å². The molecule has 1 atom stereocenters. The van der Waals surface area contributed by atoms with Gasteiger partial charge in [-0.05, 0) is 37.5 Å². The molecule has 0 radical (unpaired) electrons. The molecule has 0 aromatic heterocycles. The zero-order valence-corrected chi connectivity index (χ0v) is 11.3. The Bertz CT molecular complexity index is 416. The highest BCUT2D eigenvalue weighted by molar-refractivity contribution is 5.76. The van der Waals surface area contributed by atoms with E-state index in [2.05, 4.69) is 0 Å². The van der Waals surface area contributed by atoms with Gasteiger partial charge in [-0.3, -0.25) is 4.79 Å². The van der Waals surface area contributed by atoms with Gasteiger partial charge in [0, 0.05) is 13.0 Å². The number of β-amino-alcohol motifs (C(OH)–C–C–N with tert-alkyl or cyclic N) is 1. The number of carbonyl (C=O) groups excluding carboxylic acids is 1. The van der Waals surface area contributed by atoms with Crippen LogP contribution in [-0.4, -0.2) is 35.6 Å². The number of aliphatic hydroxyl groups excluding tert-OH is 1. The van der Waals surface area contributed by atoms with Crippen molar-refractivity contribution in [3.63, 3.8) is 0 Å². The van der Waals surface area contributed by atoms with Crippen LogP contribution < -0.4 is 4.74 Å². The Morgan fingerprint density at radius 2 is 2.05 bits per heavy atom. The third kappa shape index (κ3) is 3.70.